The van der Waals surface area contributed by atoms with Gasteiger partial charge in [-0.3, -0.25) is 0 Å². The fraction of sp³-hybridized carbons (Fsp3) is 0. The zero-order chi connectivity index (χ0) is 26.9. The van der Waals surface area contributed by atoms with Crippen LogP contribution in [0.3, 0.4) is 0 Å². The predicted octanol–water partition coefficient (Wildman–Crippen LogP) is 8.70. The Labute approximate surface area is 253 Å². The first-order valence-electron chi connectivity index (χ1n) is 12.1. The van der Waals surface area contributed by atoms with Crippen molar-refractivity contribution in [1.82, 2.24) is 15.0 Å². The van der Waals surface area contributed by atoms with Crippen LogP contribution < -0.4 is 0 Å². The van der Waals surface area contributed by atoms with Crippen LogP contribution in [0.1, 0.15) is 10.5 Å². The molecule has 4 aromatic carbocycles. The molecule has 0 unspecified atom stereocenters. The third kappa shape index (κ3) is 7.52. The number of carbonyl (C=O) groups is 1. The zero-order valence-electron chi connectivity index (χ0n) is 21.0. The Morgan fingerprint density at radius 2 is 0.975 bits per heavy atom. The molecule has 7 rings (SSSR count). The van der Waals surface area contributed by atoms with Crippen molar-refractivity contribution in [3.63, 3.8) is 0 Å². The van der Waals surface area contributed by atoms with Crippen LogP contribution in [-0.4, -0.2) is 26.0 Å². The Morgan fingerprint density at radius 3 is 1.35 bits per heavy atom. The number of carboxylic acids is 1. The minimum Gasteiger partial charge on any atom is -0.477 e. The van der Waals surface area contributed by atoms with Gasteiger partial charge in [0.1, 0.15) is 15.7 Å². The van der Waals surface area contributed by atoms with Gasteiger partial charge in [-0.05, 0) is 36.4 Å². The van der Waals surface area contributed by atoms with Crippen LogP contribution in [0.4, 0.5) is 0 Å². The summed E-state index contributed by atoms with van der Waals surface area (Å²) in [4.78, 5) is 22.9. The van der Waals surface area contributed by atoms with E-state index in [0.29, 0.717) is 0 Å². The van der Waals surface area contributed by atoms with Gasteiger partial charge in [0.25, 0.3) is 0 Å². The minimum absolute atomic E-state index is 0. The Hall–Kier alpha value is -4.07. The van der Waals surface area contributed by atoms with E-state index in [4.69, 9.17) is 5.11 Å². The molecule has 0 aliphatic carbocycles. The molecule has 8 heteroatoms. The molecule has 7 aromatic rings. The number of rotatable bonds is 3. The van der Waals surface area contributed by atoms with Gasteiger partial charge in [0.2, 0.25) is 0 Å². The predicted molar refractivity (Wildman–Crippen MR) is 161 cm³/mol. The summed E-state index contributed by atoms with van der Waals surface area (Å²) in [5.74, 6) is -0.990. The average Bonchev–Trinajstić information content (AvgIpc) is 3.64. The number of nitrogens with zero attached hydrogens (tertiary/aromatic N) is 3. The second-order valence-electron chi connectivity index (χ2n) is 8.23. The van der Waals surface area contributed by atoms with Crippen LogP contribution in [0.2, 0.25) is 0 Å². The van der Waals surface area contributed by atoms with Crippen molar-refractivity contribution in [2.24, 2.45) is 0 Å². The number of benzene rings is 4. The van der Waals surface area contributed by atoms with Gasteiger partial charge in [0, 0.05) is 37.4 Å². The smallest absolute Gasteiger partial charge is 0.354 e. The summed E-state index contributed by atoms with van der Waals surface area (Å²) in [7, 11) is 0. The molecule has 0 fully saturated rings. The summed E-state index contributed by atoms with van der Waals surface area (Å²) in [5, 5.41) is 10.5. The molecule has 0 saturated carbocycles. The topological polar surface area (TPSA) is 76.0 Å². The number of pyridine rings is 1. The molecule has 0 aliphatic rings. The van der Waals surface area contributed by atoms with E-state index in [9.17, 15) is 4.79 Å². The normalized spacial score (nSPS) is 10.0. The van der Waals surface area contributed by atoms with E-state index in [1.165, 1.54) is 32.8 Å². The van der Waals surface area contributed by atoms with E-state index in [0.717, 1.165) is 21.0 Å². The molecular weight excluding hydrogens is 715 g/mol. The molecule has 1 radical (unpaired) electrons. The minimum atomic E-state index is -0.990. The van der Waals surface area contributed by atoms with Crippen LogP contribution in [0.15, 0.2) is 134 Å². The first-order valence-corrected chi connectivity index (χ1v) is 13.8. The van der Waals surface area contributed by atoms with Crippen molar-refractivity contribution < 1.29 is 30.0 Å². The molecule has 0 spiro atoms. The SMILES string of the molecule is O=C(O)c1ccccn1.[Ir].c1ccc(-c2nc3ccccc3s2)cc1.c1ccc(-c2nc3ccccc3s2)cc1. The Balaban J connectivity index is 0.000000142. The van der Waals surface area contributed by atoms with Gasteiger partial charge < -0.3 is 5.11 Å². The van der Waals surface area contributed by atoms with Crippen molar-refractivity contribution in [1.29, 1.82) is 0 Å². The van der Waals surface area contributed by atoms with Crippen LogP contribution in [0.5, 0.6) is 0 Å². The Morgan fingerprint density at radius 1 is 0.550 bits per heavy atom. The van der Waals surface area contributed by atoms with Crippen LogP contribution in [0.25, 0.3) is 41.6 Å². The molecule has 199 valence electrons. The maximum Gasteiger partial charge on any atom is 0.354 e. The fourth-order valence-electron chi connectivity index (χ4n) is 3.64. The van der Waals surface area contributed by atoms with Gasteiger partial charge in [-0.15, -0.1) is 22.7 Å². The van der Waals surface area contributed by atoms with Gasteiger partial charge in [0.15, 0.2) is 0 Å². The molecule has 0 amide bonds. The van der Waals surface area contributed by atoms with Crippen LogP contribution in [-0.2, 0) is 20.1 Å². The number of aromatic nitrogens is 3. The second-order valence-corrected chi connectivity index (χ2v) is 10.3. The van der Waals surface area contributed by atoms with E-state index >= 15 is 0 Å². The van der Waals surface area contributed by atoms with E-state index in [-0.39, 0.29) is 25.8 Å². The molecule has 5 nitrogen and oxygen atoms in total. The van der Waals surface area contributed by atoms with E-state index < -0.39 is 5.97 Å². The molecule has 0 saturated heterocycles. The first-order chi connectivity index (χ1) is 19.2. The number of para-hydroxylation sites is 2. The molecule has 0 bridgehead atoms. The van der Waals surface area contributed by atoms with Gasteiger partial charge in [-0.2, -0.15) is 0 Å². The van der Waals surface area contributed by atoms with Crippen molar-refractivity contribution in [2.75, 3.05) is 0 Å². The third-order valence-electron chi connectivity index (χ3n) is 5.51. The summed E-state index contributed by atoms with van der Waals surface area (Å²) in [6, 6.07) is 41.8. The van der Waals surface area contributed by atoms with Crippen molar-refractivity contribution >= 4 is 49.1 Å². The van der Waals surface area contributed by atoms with Gasteiger partial charge in [0.05, 0.1) is 20.4 Å². The van der Waals surface area contributed by atoms with Crippen molar-refractivity contribution in [3.05, 3.63) is 139 Å². The quantitative estimate of drug-likeness (QED) is 0.197. The number of carboxylic acid groups (broad SMARTS) is 1. The summed E-state index contributed by atoms with van der Waals surface area (Å²) >= 11 is 3.48. The van der Waals surface area contributed by atoms with Gasteiger partial charge >= 0.3 is 5.97 Å². The zero-order valence-corrected chi connectivity index (χ0v) is 25.1. The largest absolute Gasteiger partial charge is 0.477 e. The van der Waals surface area contributed by atoms with E-state index in [1.807, 2.05) is 48.5 Å². The van der Waals surface area contributed by atoms with Crippen LogP contribution in [0, 0.1) is 0 Å². The summed E-state index contributed by atoms with van der Waals surface area (Å²) in [6.45, 7) is 0. The first kappa shape index (κ1) is 28.9. The van der Waals surface area contributed by atoms with Crippen molar-refractivity contribution in [3.8, 4) is 21.1 Å². The molecular formula is C32H23IrN3O2S2. The second kappa shape index (κ2) is 14.4. The average molecular weight is 738 g/mol. The van der Waals surface area contributed by atoms with E-state index in [1.54, 1.807) is 34.8 Å². The molecule has 40 heavy (non-hydrogen) atoms. The number of hydrogen-bond acceptors (Lipinski definition) is 6. The number of aromatic carboxylic acids is 1. The third-order valence-corrected chi connectivity index (χ3v) is 7.68. The molecule has 3 heterocycles. The monoisotopic (exact) mass is 738 g/mol. The standard InChI is InChI=1S/2C13H9NS.C6H5NO2.Ir/c2*1-2-6-10(7-3-1)13-14-11-8-4-5-9-12(11)15-13;8-6(9)5-3-1-2-4-7-5;/h2*1-9H;1-4H,(H,8,9);. The summed E-state index contributed by atoms with van der Waals surface area (Å²) in [5.41, 5.74) is 4.64. The maximum absolute atomic E-state index is 10.1. The van der Waals surface area contributed by atoms with Gasteiger partial charge in [-0.1, -0.05) is 91.0 Å². The summed E-state index contributed by atoms with van der Waals surface area (Å²) in [6.07, 6.45) is 1.45. The summed E-state index contributed by atoms with van der Waals surface area (Å²) < 4.78 is 2.49. The molecule has 3 aromatic heterocycles. The Bertz CT molecular complexity index is 1620. The van der Waals surface area contributed by atoms with Gasteiger partial charge in [-0.25, -0.2) is 19.7 Å². The maximum atomic E-state index is 10.1. The molecule has 0 atom stereocenters. The number of hydrogen-bond donors (Lipinski definition) is 1. The Kier molecular flexibility index (Phi) is 10.4. The number of thiazole rings is 2. The fourth-order valence-corrected chi connectivity index (χ4v) is 5.58. The van der Waals surface area contributed by atoms with E-state index in [2.05, 4.69) is 75.6 Å². The molecule has 1 N–H and O–H groups in total. The molecule has 0 aliphatic heterocycles. The van der Waals surface area contributed by atoms with Crippen LogP contribution >= 0.6 is 22.7 Å². The number of fused-ring (bicyclic) bond motifs is 2. The van der Waals surface area contributed by atoms with Crippen molar-refractivity contribution in [2.45, 2.75) is 0 Å².